The first-order valence-electron chi connectivity index (χ1n) is 6.48. The van der Waals surface area contributed by atoms with Crippen LogP contribution in [0, 0.1) is 0 Å². The zero-order valence-corrected chi connectivity index (χ0v) is 13.0. The number of ether oxygens (including phenoxy) is 2. The summed E-state index contributed by atoms with van der Waals surface area (Å²) in [6, 6.07) is 16.0. The Balaban J connectivity index is 1.67. The third-order valence-electron chi connectivity index (χ3n) is 2.86. The van der Waals surface area contributed by atoms with E-state index in [9.17, 15) is 0 Å². The monoisotopic (exact) mass is 335 g/mol. The Labute approximate surface area is 128 Å². The van der Waals surface area contributed by atoms with Crippen LogP contribution >= 0.6 is 15.9 Å². The van der Waals surface area contributed by atoms with Gasteiger partial charge in [-0.25, -0.2) is 0 Å². The molecule has 0 saturated carbocycles. The molecule has 2 aromatic carbocycles. The lowest BCUT2D eigenvalue weighted by Crippen LogP contribution is -2.09. The Morgan fingerprint density at radius 1 is 1.05 bits per heavy atom. The molecule has 0 heterocycles. The summed E-state index contributed by atoms with van der Waals surface area (Å²) in [5, 5.41) is 3.33. The number of hydrogen-bond acceptors (Lipinski definition) is 3. The molecular formula is C16H18BrNO2. The molecule has 0 spiro atoms. The lowest BCUT2D eigenvalue weighted by molar-refractivity contribution is 0.130. The first-order valence-corrected chi connectivity index (χ1v) is 7.28. The first-order chi connectivity index (χ1) is 9.79. The van der Waals surface area contributed by atoms with Crippen LogP contribution in [-0.2, 0) is 11.3 Å². The van der Waals surface area contributed by atoms with E-state index >= 15 is 0 Å². The second-order valence-electron chi connectivity index (χ2n) is 4.31. The van der Waals surface area contributed by atoms with Crippen LogP contribution in [-0.4, -0.2) is 20.3 Å². The lowest BCUT2D eigenvalue weighted by Gasteiger charge is -2.09. The molecule has 0 atom stereocenters. The predicted octanol–water partition coefficient (Wildman–Crippen LogP) is 4.09. The van der Waals surface area contributed by atoms with Crippen LogP contribution in [0.4, 0.5) is 5.69 Å². The van der Waals surface area contributed by atoms with Crippen molar-refractivity contribution in [1.82, 2.24) is 0 Å². The van der Waals surface area contributed by atoms with Gasteiger partial charge in [-0.15, -0.1) is 0 Å². The number of nitrogens with one attached hydrogen (secondary N) is 1. The average molecular weight is 336 g/mol. The van der Waals surface area contributed by atoms with Crippen LogP contribution in [0.1, 0.15) is 5.56 Å². The molecule has 106 valence electrons. The first kappa shape index (κ1) is 14.9. The molecular weight excluding hydrogens is 318 g/mol. The smallest absolute Gasteiger partial charge is 0.118 e. The summed E-state index contributed by atoms with van der Waals surface area (Å²) < 4.78 is 11.8. The molecule has 0 bridgehead atoms. The highest BCUT2D eigenvalue weighted by molar-refractivity contribution is 9.10. The van der Waals surface area contributed by atoms with Crippen LogP contribution in [0.2, 0.25) is 0 Å². The largest absolute Gasteiger partial charge is 0.497 e. The number of anilines is 1. The molecule has 0 aromatic heterocycles. The molecule has 0 unspecified atom stereocenters. The highest BCUT2D eigenvalue weighted by Gasteiger charge is 1.98. The van der Waals surface area contributed by atoms with Gasteiger partial charge in [0, 0.05) is 16.7 Å². The van der Waals surface area contributed by atoms with Gasteiger partial charge in [0.05, 0.1) is 20.3 Å². The van der Waals surface area contributed by atoms with E-state index in [1.54, 1.807) is 7.11 Å². The molecule has 0 amide bonds. The third kappa shape index (κ3) is 4.54. The van der Waals surface area contributed by atoms with Crippen LogP contribution in [0.3, 0.4) is 0 Å². The van der Waals surface area contributed by atoms with Crippen molar-refractivity contribution in [3.05, 3.63) is 58.6 Å². The highest BCUT2D eigenvalue weighted by atomic mass is 79.9. The maximum atomic E-state index is 5.64. The van der Waals surface area contributed by atoms with Gasteiger partial charge in [-0.05, 0) is 45.8 Å². The fourth-order valence-electron chi connectivity index (χ4n) is 1.77. The van der Waals surface area contributed by atoms with Gasteiger partial charge in [-0.1, -0.05) is 24.3 Å². The van der Waals surface area contributed by atoms with Crippen molar-refractivity contribution in [3.63, 3.8) is 0 Å². The number of methoxy groups -OCH3 is 1. The molecule has 20 heavy (non-hydrogen) atoms. The fourth-order valence-corrected chi connectivity index (χ4v) is 2.20. The molecule has 1 N–H and O–H groups in total. The second kappa shape index (κ2) is 7.92. The van der Waals surface area contributed by atoms with E-state index in [0.717, 1.165) is 28.0 Å². The maximum Gasteiger partial charge on any atom is 0.118 e. The summed E-state index contributed by atoms with van der Waals surface area (Å²) in [4.78, 5) is 0. The molecule has 0 radical (unpaired) electrons. The van der Waals surface area contributed by atoms with Gasteiger partial charge in [-0.2, -0.15) is 0 Å². The van der Waals surface area contributed by atoms with Gasteiger partial charge in [0.25, 0.3) is 0 Å². The van der Waals surface area contributed by atoms with Gasteiger partial charge in [-0.3, -0.25) is 0 Å². The van der Waals surface area contributed by atoms with E-state index in [2.05, 4.69) is 21.2 Å². The van der Waals surface area contributed by atoms with Gasteiger partial charge in [0.15, 0.2) is 0 Å². The Hall–Kier alpha value is -1.52. The summed E-state index contributed by atoms with van der Waals surface area (Å²) in [6.45, 7) is 2.05. The van der Waals surface area contributed by atoms with E-state index in [4.69, 9.17) is 9.47 Å². The van der Waals surface area contributed by atoms with Crippen molar-refractivity contribution in [2.75, 3.05) is 25.6 Å². The van der Waals surface area contributed by atoms with Gasteiger partial charge >= 0.3 is 0 Å². The van der Waals surface area contributed by atoms with E-state index < -0.39 is 0 Å². The minimum atomic E-state index is 0.613. The standard InChI is InChI=1S/C16H18BrNO2/c1-19-14-8-6-13(7-9-14)12-20-11-10-18-16-5-3-2-4-15(16)17/h2-9,18H,10-12H2,1H3. The third-order valence-corrected chi connectivity index (χ3v) is 3.55. The van der Waals surface area contributed by atoms with Crippen molar-refractivity contribution >= 4 is 21.6 Å². The quantitative estimate of drug-likeness (QED) is 0.773. The number of hydrogen-bond donors (Lipinski definition) is 1. The molecule has 2 aromatic rings. The minimum Gasteiger partial charge on any atom is -0.497 e. The van der Waals surface area contributed by atoms with Crippen molar-refractivity contribution < 1.29 is 9.47 Å². The predicted molar refractivity (Wildman–Crippen MR) is 85.3 cm³/mol. The average Bonchev–Trinajstić information content (AvgIpc) is 2.49. The molecule has 0 saturated heterocycles. The lowest BCUT2D eigenvalue weighted by atomic mass is 10.2. The fraction of sp³-hybridized carbons (Fsp3) is 0.250. The maximum absolute atomic E-state index is 5.64. The summed E-state index contributed by atoms with van der Waals surface area (Å²) in [5.74, 6) is 0.865. The van der Waals surface area contributed by atoms with E-state index in [0.29, 0.717) is 13.2 Å². The van der Waals surface area contributed by atoms with Crippen molar-refractivity contribution in [1.29, 1.82) is 0 Å². The summed E-state index contributed by atoms with van der Waals surface area (Å²) in [5.41, 5.74) is 2.23. The Kier molecular flexibility index (Phi) is 5.89. The normalized spacial score (nSPS) is 10.3. The molecule has 0 aliphatic heterocycles. The molecule has 4 heteroatoms. The van der Waals surface area contributed by atoms with Gasteiger partial charge in [0.2, 0.25) is 0 Å². The second-order valence-corrected chi connectivity index (χ2v) is 5.16. The van der Waals surface area contributed by atoms with E-state index in [1.165, 1.54) is 0 Å². The van der Waals surface area contributed by atoms with Gasteiger partial charge < -0.3 is 14.8 Å². The molecule has 2 rings (SSSR count). The molecule has 0 aliphatic carbocycles. The Morgan fingerprint density at radius 2 is 1.80 bits per heavy atom. The summed E-state index contributed by atoms with van der Waals surface area (Å²) >= 11 is 3.50. The van der Waals surface area contributed by atoms with Crippen LogP contribution in [0.5, 0.6) is 5.75 Å². The minimum absolute atomic E-state index is 0.613. The Morgan fingerprint density at radius 3 is 2.50 bits per heavy atom. The summed E-state index contributed by atoms with van der Waals surface area (Å²) in [6.07, 6.45) is 0. The zero-order valence-electron chi connectivity index (χ0n) is 11.4. The van der Waals surface area contributed by atoms with Gasteiger partial charge in [0.1, 0.15) is 5.75 Å². The molecule has 3 nitrogen and oxygen atoms in total. The SMILES string of the molecule is COc1ccc(COCCNc2ccccc2Br)cc1. The van der Waals surface area contributed by atoms with Crippen LogP contribution in [0.25, 0.3) is 0 Å². The topological polar surface area (TPSA) is 30.5 Å². The number of halogens is 1. The van der Waals surface area contributed by atoms with Crippen LogP contribution < -0.4 is 10.1 Å². The molecule has 0 fully saturated rings. The Bertz CT molecular complexity index is 528. The van der Waals surface area contributed by atoms with E-state index in [-0.39, 0.29) is 0 Å². The van der Waals surface area contributed by atoms with Crippen molar-refractivity contribution in [2.45, 2.75) is 6.61 Å². The van der Waals surface area contributed by atoms with Crippen LogP contribution in [0.15, 0.2) is 53.0 Å². The summed E-state index contributed by atoms with van der Waals surface area (Å²) in [7, 11) is 1.67. The number of rotatable bonds is 7. The van der Waals surface area contributed by atoms with Crippen molar-refractivity contribution in [2.24, 2.45) is 0 Å². The number of para-hydroxylation sites is 1. The number of benzene rings is 2. The highest BCUT2D eigenvalue weighted by Crippen LogP contribution is 2.20. The molecule has 0 aliphatic rings. The van der Waals surface area contributed by atoms with E-state index in [1.807, 2.05) is 48.5 Å². The van der Waals surface area contributed by atoms with Crippen molar-refractivity contribution in [3.8, 4) is 5.75 Å². The zero-order chi connectivity index (χ0) is 14.2.